The number of benzene rings is 3. The van der Waals surface area contributed by atoms with Gasteiger partial charge in [-0.15, -0.1) is 0 Å². The largest absolute Gasteiger partial charge is 0.497 e. The summed E-state index contributed by atoms with van der Waals surface area (Å²) in [4.78, 5) is 17.4. The van der Waals surface area contributed by atoms with E-state index in [1.165, 1.54) is 27.4 Å². The lowest BCUT2D eigenvalue weighted by molar-refractivity contribution is 0.0970. The summed E-state index contributed by atoms with van der Waals surface area (Å²) in [7, 11) is 4.30. The fourth-order valence-electron chi connectivity index (χ4n) is 4.02. The molecule has 188 valence electrons. The summed E-state index contributed by atoms with van der Waals surface area (Å²) < 4.78 is 42.3. The van der Waals surface area contributed by atoms with Crippen LogP contribution in [0.1, 0.15) is 27.5 Å². The van der Waals surface area contributed by atoms with E-state index in [4.69, 9.17) is 25.3 Å². The molecule has 10 heteroatoms. The highest BCUT2D eigenvalue weighted by molar-refractivity contribution is 7.80. The molecule has 1 aromatic heterocycles. The lowest BCUT2D eigenvalue weighted by Crippen LogP contribution is -2.22. The fraction of sp³-hybridized carbons (Fsp3) is 0.192. The Kier molecular flexibility index (Phi) is 7.63. The molecular formula is C26H24ClFN2O5S. The second-order valence-corrected chi connectivity index (χ2v) is 9.63. The van der Waals surface area contributed by atoms with Gasteiger partial charge >= 0.3 is 0 Å². The number of halogens is 2. The van der Waals surface area contributed by atoms with E-state index in [-0.39, 0.29) is 11.6 Å². The third kappa shape index (κ3) is 4.95. The summed E-state index contributed by atoms with van der Waals surface area (Å²) in [6, 6.07) is 11.8. The van der Waals surface area contributed by atoms with Gasteiger partial charge in [0, 0.05) is 45.0 Å². The van der Waals surface area contributed by atoms with Crippen molar-refractivity contribution in [3.63, 3.8) is 0 Å². The topological polar surface area (TPSA) is 89.6 Å². The summed E-state index contributed by atoms with van der Waals surface area (Å²) >= 11 is 4.44. The minimum Gasteiger partial charge on any atom is -0.497 e. The molecular weight excluding hydrogens is 507 g/mol. The van der Waals surface area contributed by atoms with E-state index in [9.17, 15) is 13.4 Å². The minimum atomic E-state index is -1.73. The Morgan fingerprint density at radius 2 is 1.86 bits per heavy atom. The zero-order chi connectivity index (χ0) is 26.0. The van der Waals surface area contributed by atoms with E-state index < -0.39 is 17.1 Å². The van der Waals surface area contributed by atoms with Crippen LogP contribution < -0.4 is 14.8 Å². The van der Waals surface area contributed by atoms with Crippen molar-refractivity contribution in [2.75, 3.05) is 26.6 Å². The van der Waals surface area contributed by atoms with Crippen molar-refractivity contribution in [1.29, 1.82) is 0 Å². The fourth-order valence-corrected chi connectivity index (χ4v) is 4.81. The van der Waals surface area contributed by atoms with Crippen LogP contribution in [0.25, 0.3) is 10.9 Å². The SMILES string of the molecule is COc1cc(NC(C(=O)c2c[nH]c3c(C)c(F)ccc23)c2ccc(Cl)cc2OC)cc(S(=O)OC)c1. The molecule has 0 spiro atoms. The number of aromatic amines is 1. The van der Waals surface area contributed by atoms with Gasteiger partial charge in [0.05, 0.1) is 31.7 Å². The van der Waals surface area contributed by atoms with Crippen LogP contribution in [0.3, 0.4) is 0 Å². The van der Waals surface area contributed by atoms with E-state index >= 15 is 0 Å². The number of carbonyl (C=O) groups excluding carboxylic acids is 1. The predicted octanol–water partition coefficient (Wildman–Crippen LogP) is 5.99. The number of carbonyl (C=O) groups is 1. The Morgan fingerprint density at radius 1 is 1.08 bits per heavy atom. The van der Waals surface area contributed by atoms with Gasteiger partial charge in [0.25, 0.3) is 0 Å². The third-order valence-corrected chi connectivity index (χ3v) is 7.01. The molecule has 0 saturated heterocycles. The highest BCUT2D eigenvalue weighted by Gasteiger charge is 2.28. The van der Waals surface area contributed by atoms with Crippen LogP contribution in [-0.4, -0.2) is 36.3 Å². The standard InChI is InChI=1S/C26H24ClFN2O5S/c1-14-22(28)8-7-19-21(13-29-24(14)19)26(31)25(20-6-5-15(27)9-23(20)34-3)30-16-10-17(33-2)12-18(11-16)36(32)35-4/h5-13,25,29-30H,1-4H3. The number of anilines is 1. The number of fused-ring (bicyclic) bond motifs is 1. The highest BCUT2D eigenvalue weighted by atomic mass is 35.5. The number of aryl methyl sites for hydroxylation is 1. The Morgan fingerprint density at radius 3 is 2.56 bits per heavy atom. The van der Waals surface area contributed by atoms with Crippen molar-refractivity contribution < 1.29 is 27.1 Å². The van der Waals surface area contributed by atoms with Gasteiger partial charge < -0.3 is 19.8 Å². The zero-order valence-corrected chi connectivity index (χ0v) is 21.6. The van der Waals surface area contributed by atoms with Gasteiger partial charge in [0.1, 0.15) is 23.4 Å². The first-order valence-corrected chi connectivity index (χ1v) is 12.3. The molecule has 2 unspecified atom stereocenters. The highest BCUT2D eigenvalue weighted by Crippen LogP contribution is 2.36. The van der Waals surface area contributed by atoms with Crippen LogP contribution in [0.2, 0.25) is 5.02 Å². The Balaban J connectivity index is 1.86. The molecule has 1 heterocycles. The first-order chi connectivity index (χ1) is 17.3. The summed E-state index contributed by atoms with van der Waals surface area (Å²) in [5.41, 5.74) is 2.31. The number of aromatic nitrogens is 1. The van der Waals surface area contributed by atoms with Crippen LogP contribution in [-0.2, 0) is 15.3 Å². The number of ketones is 1. The average Bonchev–Trinajstić information content (AvgIpc) is 3.33. The molecule has 4 aromatic rings. The molecule has 2 atom stereocenters. The van der Waals surface area contributed by atoms with Gasteiger partial charge in [-0.05, 0) is 43.3 Å². The zero-order valence-electron chi connectivity index (χ0n) is 20.0. The van der Waals surface area contributed by atoms with Crippen LogP contribution in [0.4, 0.5) is 10.1 Å². The monoisotopic (exact) mass is 530 g/mol. The molecule has 36 heavy (non-hydrogen) atoms. The van der Waals surface area contributed by atoms with Gasteiger partial charge in [-0.3, -0.25) is 8.98 Å². The molecule has 0 saturated carbocycles. The van der Waals surface area contributed by atoms with Crippen molar-refractivity contribution in [1.82, 2.24) is 4.98 Å². The maximum Gasteiger partial charge on any atom is 0.191 e. The smallest absolute Gasteiger partial charge is 0.191 e. The summed E-state index contributed by atoms with van der Waals surface area (Å²) in [5.74, 6) is 0.157. The minimum absolute atomic E-state index is 0.301. The van der Waals surface area contributed by atoms with E-state index in [1.54, 1.807) is 55.6 Å². The van der Waals surface area contributed by atoms with E-state index in [2.05, 4.69) is 10.3 Å². The number of hydrogen-bond acceptors (Lipinski definition) is 6. The van der Waals surface area contributed by atoms with Crippen LogP contribution in [0.5, 0.6) is 11.5 Å². The van der Waals surface area contributed by atoms with Gasteiger partial charge in [-0.25, -0.2) is 8.60 Å². The van der Waals surface area contributed by atoms with Gasteiger partial charge in [-0.2, -0.15) is 0 Å². The molecule has 2 N–H and O–H groups in total. The van der Waals surface area contributed by atoms with Gasteiger partial charge in [0.2, 0.25) is 0 Å². The van der Waals surface area contributed by atoms with E-state index in [1.807, 2.05) is 0 Å². The van der Waals surface area contributed by atoms with Gasteiger partial charge in [-0.1, -0.05) is 17.7 Å². The average molecular weight is 531 g/mol. The van der Waals surface area contributed by atoms with Crippen LogP contribution in [0, 0.1) is 12.7 Å². The molecule has 0 aliphatic heterocycles. The van der Waals surface area contributed by atoms with Crippen molar-refractivity contribution in [2.45, 2.75) is 17.9 Å². The predicted molar refractivity (Wildman–Crippen MR) is 138 cm³/mol. The summed E-state index contributed by atoms with van der Waals surface area (Å²) in [6.45, 7) is 1.65. The van der Waals surface area contributed by atoms with E-state index in [0.717, 1.165) is 0 Å². The second-order valence-electron chi connectivity index (χ2n) is 7.92. The number of Topliss-reactive ketones (excluding diaryl/α,β-unsaturated/α-hetero) is 1. The molecule has 4 rings (SSSR count). The van der Waals surface area contributed by atoms with Crippen molar-refractivity contribution in [3.8, 4) is 11.5 Å². The lowest BCUT2D eigenvalue weighted by Gasteiger charge is -2.22. The van der Waals surface area contributed by atoms with Crippen molar-refractivity contribution in [2.24, 2.45) is 0 Å². The maximum atomic E-state index is 14.1. The molecule has 7 nitrogen and oxygen atoms in total. The number of rotatable bonds is 9. The van der Waals surface area contributed by atoms with E-state index in [0.29, 0.717) is 54.7 Å². The first-order valence-electron chi connectivity index (χ1n) is 10.8. The molecule has 0 aliphatic rings. The number of methoxy groups -OCH3 is 2. The third-order valence-electron chi connectivity index (χ3n) is 5.85. The molecule has 0 radical (unpaired) electrons. The Hall–Kier alpha value is -3.40. The lowest BCUT2D eigenvalue weighted by atomic mass is 9.95. The molecule has 3 aromatic carbocycles. The van der Waals surface area contributed by atoms with Crippen LogP contribution in [0.15, 0.2) is 59.6 Å². The number of ether oxygens (including phenoxy) is 2. The Labute approximate surface area is 215 Å². The first kappa shape index (κ1) is 25.7. The van der Waals surface area contributed by atoms with Crippen molar-refractivity contribution >= 4 is 45.1 Å². The molecule has 0 bridgehead atoms. The summed E-state index contributed by atoms with van der Waals surface area (Å²) in [6.07, 6.45) is 1.56. The molecule has 0 aliphatic carbocycles. The number of nitrogens with one attached hydrogen (secondary N) is 2. The van der Waals surface area contributed by atoms with Crippen molar-refractivity contribution in [3.05, 3.63) is 82.3 Å². The number of hydrogen-bond donors (Lipinski definition) is 2. The normalized spacial score (nSPS) is 12.8. The maximum absolute atomic E-state index is 14.1. The second kappa shape index (κ2) is 10.7. The van der Waals surface area contributed by atoms with Gasteiger partial charge in [0.15, 0.2) is 16.9 Å². The molecule has 0 fully saturated rings. The molecule has 0 amide bonds. The number of H-pyrrole nitrogens is 1. The quantitative estimate of drug-likeness (QED) is 0.258. The Bertz CT molecular complexity index is 1470. The van der Waals surface area contributed by atoms with Crippen LogP contribution >= 0.6 is 11.6 Å². The summed E-state index contributed by atoms with van der Waals surface area (Å²) in [5, 5.41) is 4.26.